The van der Waals surface area contributed by atoms with Crippen LogP contribution < -0.4 is 5.32 Å². The van der Waals surface area contributed by atoms with Crippen LogP contribution in [0, 0.1) is 5.41 Å². The second-order valence-corrected chi connectivity index (χ2v) is 5.73. The van der Waals surface area contributed by atoms with Crippen LogP contribution in [0.3, 0.4) is 0 Å². The molecule has 0 aromatic rings. The van der Waals surface area contributed by atoms with Gasteiger partial charge in [0.05, 0.1) is 11.5 Å². The van der Waals surface area contributed by atoms with E-state index in [4.69, 9.17) is 0 Å². The summed E-state index contributed by atoms with van der Waals surface area (Å²) in [4.78, 5) is 26.2. The number of rotatable bonds is 1. The lowest BCUT2D eigenvalue weighted by atomic mass is 9.84. The number of nitrogens with zero attached hydrogens (tertiary/aromatic N) is 1. The molecule has 18 heavy (non-hydrogen) atoms. The molecule has 2 heterocycles. The van der Waals surface area contributed by atoms with E-state index in [2.05, 4.69) is 5.32 Å². The minimum atomic E-state index is -0.297. The number of carbonyl (C=O) groups is 2. The highest BCUT2D eigenvalue weighted by Gasteiger charge is 2.54. The Bertz CT molecular complexity index is 347. The fraction of sp³-hybridized carbons (Fsp3) is 0.846. The number of imide groups is 1. The van der Waals surface area contributed by atoms with Crippen LogP contribution in [0.15, 0.2) is 0 Å². The third-order valence-corrected chi connectivity index (χ3v) is 4.63. The molecule has 1 aliphatic carbocycles. The van der Waals surface area contributed by atoms with Gasteiger partial charge >= 0.3 is 0 Å². The zero-order chi connectivity index (χ0) is 11.9. The fourth-order valence-corrected chi connectivity index (χ4v) is 3.68. The largest absolute Gasteiger partial charge is 0.315 e. The van der Waals surface area contributed by atoms with E-state index in [9.17, 15) is 9.59 Å². The summed E-state index contributed by atoms with van der Waals surface area (Å²) in [6.45, 7) is 1.80. The van der Waals surface area contributed by atoms with Crippen molar-refractivity contribution in [2.24, 2.45) is 5.41 Å². The standard InChI is InChI=1S/C13H20N2O2.ClH/c16-11-8-13(5-1-2-6-13)12(17)15(11)10-4-3-7-14-9-10;/h10,14H,1-9H2;1H. The first kappa shape index (κ1) is 13.8. The van der Waals surface area contributed by atoms with Crippen LogP contribution in [-0.4, -0.2) is 35.8 Å². The number of hydrogen-bond donors (Lipinski definition) is 1. The van der Waals surface area contributed by atoms with E-state index in [1.165, 1.54) is 0 Å². The quantitative estimate of drug-likeness (QED) is 0.736. The Balaban J connectivity index is 0.00000120. The van der Waals surface area contributed by atoms with E-state index in [0.717, 1.165) is 51.6 Å². The number of carbonyl (C=O) groups excluding carboxylic acids is 2. The summed E-state index contributed by atoms with van der Waals surface area (Å²) in [6.07, 6.45) is 6.58. The van der Waals surface area contributed by atoms with Crippen LogP contribution >= 0.6 is 12.4 Å². The summed E-state index contributed by atoms with van der Waals surface area (Å²) in [5, 5.41) is 3.29. The number of likely N-dealkylation sites (tertiary alicyclic amines) is 1. The third kappa shape index (κ3) is 2.05. The molecule has 0 bridgehead atoms. The van der Waals surface area contributed by atoms with Crippen molar-refractivity contribution >= 4 is 24.2 Å². The van der Waals surface area contributed by atoms with Gasteiger partial charge in [0, 0.05) is 13.0 Å². The van der Waals surface area contributed by atoms with Crippen molar-refractivity contribution in [2.75, 3.05) is 13.1 Å². The normalized spacial score (nSPS) is 30.9. The van der Waals surface area contributed by atoms with Gasteiger partial charge in [-0.15, -0.1) is 12.4 Å². The maximum absolute atomic E-state index is 12.5. The van der Waals surface area contributed by atoms with Crippen LogP contribution in [0.1, 0.15) is 44.9 Å². The van der Waals surface area contributed by atoms with Crippen LogP contribution in [-0.2, 0) is 9.59 Å². The lowest BCUT2D eigenvalue weighted by Gasteiger charge is -2.31. The van der Waals surface area contributed by atoms with Crippen molar-refractivity contribution in [3.63, 3.8) is 0 Å². The zero-order valence-corrected chi connectivity index (χ0v) is 11.4. The van der Waals surface area contributed by atoms with E-state index in [1.54, 1.807) is 4.90 Å². The Kier molecular flexibility index (Phi) is 3.97. The highest BCUT2D eigenvalue weighted by atomic mass is 35.5. The molecule has 1 unspecified atom stereocenters. The van der Waals surface area contributed by atoms with Crippen molar-refractivity contribution in [2.45, 2.75) is 51.0 Å². The number of piperidine rings is 1. The third-order valence-electron chi connectivity index (χ3n) is 4.63. The predicted octanol–water partition coefficient (Wildman–Crippen LogP) is 1.48. The predicted molar refractivity (Wildman–Crippen MR) is 70.5 cm³/mol. The smallest absolute Gasteiger partial charge is 0.236 e. The molecule has 2 saturated heterocycles. The van der Waals surface area contributed by atoms with E-state index in [-0.39, 0.29) is 35.7 Å². The molecule has 0 radical (unpaired) electrons. The van der Waals surface area contributed by atoms with Gasteiger partial charge < -0.3 is 5.32 Å². The summed E-state index contributed by atoms with van der Waals surface area (Å²) >= 11 is 0. The molecule has 0 aromatic carbocycles. The van der Waals surface area contributed by atoms with Gasteiger partial charge in [-0.1, -0.05) is 12.8 Å². The minimum absolute atomic E-state index is 0. The Morgan fingerprint density at radius 1 is 1.17 bits per heavy atom. The lowest BCUT2D eigenvalue weighted by Crippen LogP contribution is -2.49. The van der Waals surface area contributed by atoms with Crippen molar-refractivity contribution in [1.82, 2.24) is 10.2 Å². The molecule has 2 aliphatic heterocycles. The topological polar surface area (TPSA) is 49.4 Å². The van der Waals surface area contributed by atoms with Crippen molar-refractivity contribution in [3.05, 3.63) is 0 Å². The van der Waals surface area contributed by atoms with Gasteiger partial charge in [0.25, 0.3) is 0 Å². The Morgan fingerprint density at radius 3 is 2.50 bits per heavy atom. The summed E-state index contributed by atoms with van der Waals surface area (Å²) in [6, 6.07) is 0.115. The minimum Gasteiger partial charge on any atom is -0.315 e. The maximum Gasteiger partial charge on any atom is 0.236 e. The van der Waals surface area contributed by atoms with Crippen LogP contribution in [0.4, 0.5) is 0 Å². The van der Waals surface area contributed by atoms with Gasteiger partial charge in [0.15, 0.2) is 0 Å². The Morgan fingerprint density at radius 2 is 1.89 bits per heavy atom. The molecule has 1 N–H and O–H groups in total. The van der Waals surface area contributed by atoms with E-state index >= 15 is 0 Å². The number of hydrogen-bond acceptors (Lipinski definition) is 3. The van der Waals surface area contributed by atoms with Gasteiger partial charge in [-0.3, -0.25) is 14.5 Å². The molecule has 4 nitrogen and oxygen atoms in total. The van der Waals surface area contributed by atoms with Crippen LogP contribution in [0.5, 0.6) is 0 Å². The Labute approximate surface area is 114 Å². The molecule has 5 heteroatoms. The molecule has 3 rings (SSSR count). The zero-order valence-electron chi connectivity index (χ0n) is 10.6. The molecule has 1 atom stereocenters. The second-order valence-electron chi connectivity index (χ2n) is 5.73. The first-order chi connectivity index (χ1) is 8.23. The fourth-order valence-electron chi connectivity index (χ4n) is 3.68. The van der Waals surface area contributed by atoms with E-state index in [0.29, 0.717) is 6.42 Å². The summed E-state index contributed by atoms with van der Waals surface area (Å²) < 4.78 is 0. The SMILES string of the molecule is Cl.O=C1CC2(CCCC2)C(=O)N1C1CCCNC1. The summed E-state index contributed by atoms with van der Waals surface area (Å²) in [5.41, 5.74) is -0.297. The van der Waals surface area contributed by atoms with E-state index in [1.807, 2.05) is 0 Å². The highest BCUT2D eigenvalue weighted by Crippen LogP contribution is 2.47. The molecule has 2 amide bonds. The van der Waals surface area contributed by atoms with Crippen LogP contribution in [0.2, 0.25) is 0 Å². The second kappa shape index (κ2) is 5.17. The molecule has 0 aromatic heterocycles. The van der Waals surface area contributed by atoms with Gasteiger partial charge in [-0.2, -0.15) is 0 Å². The summed E-state index contributed by atoms with van der Waals surface area (Å²) in [5.74, 6) is 0.208. The molecule has 1 saturated carbocycles. The van der Waals surface area contributed by atoms with Crippen LogP contribution in [0.25, 0.3) is 0 Å². The number of halogens is 1. The van der Waals surface area contributed by atoms with Crippen molar-refractivity contribution in [3.8, 4) is 0 Å². The van der Waals surface area contributed by atoms with Gasteiger partial charge in [-0.25, -0.2) is 0 Å². The molecular formula is C13H21ClN2O2. The average molecular weight is 273 g/mol. The molecule has 3 aliphatic rings. The molecular weight excluding hydrogens is 252 g/mol. The molecule has 3 fully saturated rings. The summed E-state index contributed by atoms with van der Waals surface area (Å²) in [7, 11) is 0. The molecule has 102 valence electrons. The highest BCUT2D eigenvalue weighted by molar-refractivity contribution is 6.06. The van der Waals surface area contributed by atoms with Crippen molar-refractivity contribution < 1.29 is 9.59 Å². The average Bonchev–Trinajstić information content (AvgIpc) is 2.88. The van der Waals surface area contributed by atoms with Gasteiger partial charge in [-0.05, 0) is 32.2 Å². The number of nitrogens with one attached hydrogen (secondary N) is 1. The Hall–Kier alpha value is -0.610. The monoisotopic (exact) mass is 272 g/mol. The van der Waals surface area contributed by atoms with E-state index < -0.39 is 0 Å². The first-order valence-electron chi connectivity index (χ1n) is 6.80. The maximum atomic E-state index is 12.5. The van der Waals surface area contributed by atoms with Gasteiger partial charge in [0.2, 0.25) is 11.8 Å². The van der Waals surface area contributed by atoms with Crippen molar-refractivity contribution in [1.29, 1.82) is 0 Å². The van der Waals surface area contributed by atoms with Gasteiger partial charge in [0.1, 0.15) is 0 Å². The number of amides is 2. The first-order valence-corrected chi connectivity index (χ1v) is 6.80. The lowest BCUT2D eigenvalue weighted by molar-refractivity contribution is -0.144. The molecule has 1 spiro atoms.